The lowest BCUT2D eigenvalue weighted by Crippen LogP contribution is -2.21. The van der Waals surface area contributed by atoms with E-state index in [2.05, 4.69) is 20.4 Å². The Morgan fingerprint density at radius 1 is 1.13 bits per heavy atom. The molecule has 0 bridgehead atoms. The lowest BCUT2D eigenvalue weighted by molar-refractivity contribution is -0.113. The molecule has 3 N–H and O–H groups in total. The molecule has 3 aromatic rings. The summed E-state index contributed by atoms with van der Waals surface area (Å²) >= 11 is 2.58. The first-order valence-corrected chi connectivity index (χ1v) is 11.5. The zero-order valence-electron chi connectivity index (χ0n) is 16.3. The number of carbonyl (C=O) groups is 2. The van der Waals surface area contributed by atoms with E-state index in [-0.39, 0.29) is 11.7 Å². The number of nitrogens with zero attached hydrogens (tertiary/aromatic N) is 4. The molecular formula is C20H22N6O2S2. The Bertz CT molecular complexity index is 1030. The summed E-state index contributed by atoms with van der Waals surface area (Å²) in [4.78, 5) is 26.3. The minimum Gasteiger partial charge on any atom is -0.366 e. The number of carbonyl (C=O) groups excluding carboxylic acids is 2. The van der Waals surface area contributed by atoms with Gasteiger partial charge in [-0.3, -0.25) is 19.1 Å². The molecule has 1 saturated heterocycles. The number of thiophene rings is 1. The van der Waals surface area contributed by atoms with E-state index in [0.717, 1.165) is 31.1 Å². The number of amides is 2. The molecule has 1 fully saturated rings. The number of likely N-dealkylation sites (tertiary alicyclic amines) is 1. The molecule has 0 saturated carbocycles. The van der Waals surface area contributed by atoms with Crippen molar-refractivity contribution in [3.63, 3.8) is 0 Å². The number of para-hydroxylation sites is 1. The Morgan fingerprint density at radius 3 is 2.63 bits per heavy atom. The van der Waals surface area contributed by atoms with Gasteiger partial charge in [0, 0.05) is 5.69 Å². The zero-order chi connectivity index (χ0) is 20.9. The van der Waals surface area contributed by atoms with Crippen LogP contribution in [0.2, 0.25) is 0 Å². The third-order valence-corrected chi connectivity index (χ3v) is 6.55. The number of hydrogen-bond acceptors (Lipinski definition) is 7. The van der Waals surface area contributed by atoms with Crippen LogP contribution in [0.25, 0.3) is 5.69 Å². The highest BCUT2D eigenvalue weighted by atomic mass is 32.2. The molecule has 0 unspecified atom stereocenters. The number of nitrogens with two attached hydrogens (primary N) is 1. The van der Waals surface area contributed by atoms with Crippen LogP contribution in [0.15, 0.2) is 46.9 Å². The van der Waals surface area contributed by atoms with Crippen LogP contribution in [0.3, 0.4) is 0 Å². The normalized spacial score (nSPS) is 14.1. The Morgan fingerprint density at radius 2 is 1.90 bits per heavy atom. The lowest BCUT2D eigenvalue weighted by atomic mass is 10.3. The average Bonchev–Trinajstić information content (AvgIpc) is 3.49. The molecule has 0 radical (unpaired) electrons. The SMILES string of the molecule is NC(=O)c1ccsc1NC(=O)CSc1nnc(CN2CCCC2)n1-c1ccccc1. The predicted octanol–water partition coefficient (Wildman–Crippen LogP) is 2.75. The fraction of sp³-hybridized carbons (Fsp3) is 0.300. The van der Waals surface area contributed by atoms with Gasteiger partial charge in [0.1, 0.15) is 5.00 Å². The van der Waals surface area contributed by atoms with E-state index in [1.165, 1.54) is 35.9 Å². The molecule has 1 aliphatic heterocycles. The van der Waals surface area contributed by atoms with Crippen molar-refractivity contribution < 1.29 is 9.59 Å². The molecule has 0 aliphatic carbocycles. The van der Waals surface area contributed by atoms with Gasteiger partial charge in [-0.25, -0.2) is 0 Å². The molecule has 156 valence electrons. The molecule has 30 heavy (non-hydrogen) atoms. The molecule has 2 aromatic heterocycles. The van der Waals surface area contributed by atoms with Crippen molar-refractivity contribution in [3.05, 3.63) is 53.2 Å². The fourth-order valence-electron chi connectivity index (χ4n) is 3.37. The van der Waals surface area contributed by atoms with Crippen molar-refractivity contribution in [2.24, 2.45) is 5.73 Å². The summed E-state index contributed by atoms with van der Waals surface area (Å²) in [5.74, 6) is 0.216. The predicted molar refractivity (Wildman–Crippen MR) is 118 cm³/mol. The molecule has 1 aliphatic rings. The zero-order valence-corrected chi connectivity index (χ0v) is 17.9. The summed E-state index contributed by atoms with van der Waals surface area (Å²) in [7, 11) is 0. The smallest absolute Gasteiger partial charge is 0.251 e. The van der Waals surface area contributed by atoms with Crippen molar-refractivity contribution >= 4 is 39.9 Å². The maximum absolute atomic E-state index is 12.4. The third-order valence-electron chi connectivity index (χ3n) is 4.79. The summed E-state index contributed by atoms with van der Waals surface area (Å²) in [5, 5.41) is 14.4. The van der Waals surface area contributed by atoms with E-state index in [1.54, 1.807) is 11.4 Å². The highest BCUT2D eigenvalue weighted by Crippen LogP contribution is 2.26. The van der Waals surface area contributed by atoms with Gasteiger partial charge in [-0.1, -0.05) is 30.0 Å². The first kappa shape index (κ1) is 20.6. The van der Waals surface area contributed by atoms with Crippen LogP contribution in [0.4, 0.5) is 5.00 Å². The van der Waals surface area contributed by atoms with Gasteiger partial charge in [-0.2, -0.15) is 0 Å². The van der Waals surface area contributed by atoms with Gasteiger partial charge in [0.15, 0.2) is 11.0 Å². The summed E-state index contributed by atoms with van der Waals surface area (Å²) in [6.07, 6.45) is 2.41. The van der Waals surface area contributed by atoms with Crippen LogP contribution in [0.1, 0.15) is 29.0 Å². The summed E-state index contributed by atoms with van der Waals surface area (Å²) < 4.78 is 2.01. The van der Waals surface area contributed by atoms with E-state index < -0.39 is 5.91 Å². The number of aromatic nitrogens is 3. The van der Waals surface area contributed by atoms with Crippen LogP contribution in [0, 0.1) is 0 Å². The summed E-state index contributed by atoms with van der Waals surface area (Å²) in [6, 6.07) is 11.5. The number of primary amides is 1. The van der Waals surface area contributed by atoms with E-state index in [4.69, 9.17) is 5.73 Å². The van der Waals surface area contributed by atoms with Crippen LogP contribution >= 0.6 is 23.1 Å². The molecule has 2 amide bonds. The van der Waals surface area contributed by atoms with Crippen LogP contribution in [-0.2, 0) is 11.3 Å². The Labute approximate surface area is 182 Å². The average molecular weight is 443 g/mol. The first-order chi connectivity index (χ1) is 14.6. The van der Waals surface area contributed by atoms with Crippen molar-refractivity contribution in [2.45, 2.75) is 24.5 Å². The van der Waals surface area contributed by atoms with E-state index in [1.807, 2.05) is 34.9 Å². The summed E-state index contributed by atoms with van der Waals surface area (Å²) in [5.41, 5.74) is 6.62. The molecule has 3 heterocycles. The van der Waals surface area contributed by atoms with Crippen LogP contribution in [-0.4, -0.2) is 50.3 Å². The highest BCUT2D eigenvalue weighted by molar-refractivity contribution is 7.99. The molecule has 8 nitrogen and oxygen atoms in total. The van der Waals surface area contributed by atoms with Gasteiger partial charge in [-0.05, 0) is 49.5 Å². The topological polar surface area (TPSA) is 106 Å². The van der Waals surface area contributed by atoms with Gasteiger partial charge in [0.2, 0.25) is 5.91 Å². The maximum atomic E-state index is 12.4. The highest BCUT2D eigenvalue weighted by Gasteiger charge is 2.20. The van der Waals surface area contributed by atoms with Crippen LogP contribution in [0.5, 0.6) is 0 Å². The molecule has 1 aromatic carbocycles. The van der Waals surface area contributed by atoms with Gasteiger partial charge in [0.25, 0.3) is 5.91 Å². The molecule has 0 spiro atoms. The summed E-state index contributed by atoms with van der Waals surface area (Å²) in [6.45, 7) is 2.86. The van der Waals surface area contributed by atoms with Gasteiger partial charge in [0.05, 0.1) is 17.9 Å². The molecule has 0 atom stereocenters. The van der Waals surface area contributed by atoms with Crippen molar-refractivity contribution in [1.29, 1.82) is 0 Å². The van der Waals surface area contributed by atoms with E-state index in [0.29, 0.717) is 15.7 Å². The minimum absolute atomic E-state index is 0.144. The van der Waals surface area contributed by atoms with Crippen molar-refractivity contribution in [1.82, 2.24) is 19.7 Å². The van der Waals surface area contributed by atoms with Gasteiger partial charge >= 0.3 is 0 Å². The largest absolute Gasteiger partial charge is 0.366 e. The van der Waals surface area contributed by atoms with Gasteiger partial charge in [-0.15, -0.1) is 21.5 Å². The Balaban J connectivity index is 1.49. The number of thioether (sulfide) groups is 1. The molecule has 4 rings (SSSR count). The maximum Gasteiger partial charge on any atom is 0.251 e. The Hall–Kier alpha value is -2.69. The van der Waals surface area contributed by atoms with E-state index >= 15 is 0 Å². The lowest BCUT2D eigenvalue weighted by Gasteiger charge is -2.15. The standard InChI is InChI=1S/C20H22N6O2S2/c21-18(28)15-8-11-29-19(15)22-17(27)13-30-20-24-23-16(12-25-9-4-5-10-25)26(20)14-6-2-1-3-7-14/h1-3,6-8,11H,4-5,9-10,12-13H2,(H2,21,28)(H,22,27). The van der Waals surface area contributed by atoms with Gasteiger partial charge < -0.3 is 11.1 Å². The monoisotopic (exact) mass is 442 g/mol. The first-order valence-electron chi connectivity index (χ1n) is 9.64. The van der Waals surface area contributed by atoms with E-state index in [9.17, 15) is 9.59 Å². The number of nitrogens with one attached hydrogen (secondary N) is 1. The minimum atomic E-state index is -0.561. The second-order valence-corrected chi connectivity index (χ2v) is 8.78. The quantitative estimate of drug-likeness (QED) is 0.520. The number of hydrogen-bond donors (Lipinski definition) is 2. The second-order valence-electron chi connectivity index (χ2n) is 6.92. The number of anilines is 1. The molecule has 10 heteroatoms. The number of rotatable bonds is 8. The van der Waals surface area contributed by atoms with Crippen molar-refractivity contribution in [2.75, 3.05) is 24.2 Å². The van der Waals surface area contributed by atoms with Crippen LogP contribution < -0.4 is 11.1 Å². The van der Waals surface area contributed by atoms with Crippen molar-refractivity contribution in [3.8, 4) is 5.69 Å². The second kappa shape index (κ2) is 9.41. The third kappa shape index (κ3) is 4.72. The Kier molecular flexibility index (Phi) is 6.46. The fourth-order valence-corrected chi connectivity index (χ4v) is 4.95. The molecular weight excluding hydrogens is 420 g/mol. The number of benzene rings is 1.